The fraction of sp³-hybridized carbons (Fsp3) is 0.143. The first-order valence-corrected chi connectivity index (χ1v) is 5.90. The van der Waals surface area contributed by atoms with Crippen LogP contribution in [-0.2, 0) is 6.42 Å². The van der Waals surface area contributed by atoms with Crippen LogP contribution >= 0.6 is 0 Å². The molecular formula is C14H11F3N2O. The van der Waals surface area contributed by atoms with E-state index in [-0.39, 0.29) is 24.4 Å². The normalized spacial score (nSPS) is 10.3. The van der Waals surface area contributed by atoms with Crippen molar-refractivity contribution in [3.63, 3.8) is 0 Å². The summed E-state index contributed by atoms with van der Waals surface area (Å²) in [5.74, 6) is -4.28. The zero-order chi connectivity index (χ0) is 14.5. The quantitative estimate of drug-likeness (QED) is 0.874. The van der Waals surface area contributed by atoms with Crippen LogP contribution in [0.1, 0.15) is 15.9 Å². The zero-order valence-electron chi connectivity index (χ0n) is 10.4. The molecule has 0 aliphatic rings. The van der Waals surface area contributed by atoms with Gasteiger partial charge in [-0.3, -0.25) is 9.78 Å². The van der Waals surface area contributed by atoms with Crippen molar-refractivity contribution in [2.24, 2.45) is 0 Å². The van der Waals surface area contributed by atoms with E-state index < -0.39 is 17.5 Å². The molecule has 0 unspecified atom stereocenters. The van der Waals surface area contributed by atoms with E-state index in [1.807, 2.05) is 0 Å². The number of nitrogens with one attached hydrogen (secondary N) is 1. The van der Waals surface area contributed by atoms with Crippen LogP contribution in [0.5, 0.6) is 0 Å². The molecule has 0 spiro atoms. The van der Waals surface area contributed by atoms with Gasteiger partial charge in [0.25, 0.3) is 5.91 Å². The lowest BCUT2D eigenvalue weighted by Gasteiger charge is -2.07. The minimum absolute atomic E-state index is 0.0129. The molecule has 0 bridgehead atoms. The van der Waals surface area contributed by atoms with Crippen molar-refractivity contribution < 1.29 is 18.0 Å². The number of halogens is 3. The number of benzene rings is 1. The fourth-order valence-corrected chi connectivity index (χ4v) is 1.68. The molecule has 104 valence electrons. The van der Waals surface area contributed by atoms with Crippen molar-refractivity contribution in [2.75, 3.05) is 6.54 Å². The van der Waals surface area contributed by atoms with Gasteiger partial charge < -0.3 is 5.32 Å². The van der Waals surface area contributed by atoms with Gasteiger partial charge in [0.1, 0.15) is 0 Å². The lowest BCUT2D eigenvalue weighted by Crippen LogP contribution is -2.26. The van der Waals surface area contributed by atoms with Crippen LogP contribution in [0.3, 0.4) is 0 Å². The average Bonchev–Trinajstić information content (AvgIpc) is 2.48. The minimum Gasteiger partial charge on any atom is -0.352 e. The van der Waals surface area contributed by atoms with E-state index in [4.69, 9.17) is 0 Å². The third-order valence-corrected chi connectivity index (χ3v) is 2.74. The van der Waals surface area contributed by atoms with Crippen molar-refractivity contribution in [2.45, 2.75) is 6.42 Å². The van der Waals surface area contributed by atoms with Crippen LogP contribution in [-0.4, -0.2) is 17.4 Å². The number of amides is 1. The second kappa shape index (κ2) is 6.18. The first kappa shape index (κ1) is 14.0. The molecule has 0 aliphatic carbocycles. The number of carbonyl (C=O) groups excluding carboxylic acids is 1. The fourth-order valence-electron chi connectivity index (χ4n) is 1.68. The van der Waals surface area contributed by atoms with Crippen LogP contribution in [0.25, 0.3) is 0 Å². The molecule has 2 aromatic rings. The van der Waals surface area contributed by atoms with Gasteiger partial charge in [0.2, 0.25) is 0 Å². The third kappa shape index (κ3) is 3.14. The molecule has 3 nitrogen and oxygen atoms in total. The Morgan fingerprint density at radius 1 is 1.05 bits per heavy atom. The molecule has 0 aliphatic heterocycles. The third-order valence-electron chi connectivity index (χ3n) is 2.74. The molecule has 0 atom stereocenters. The van der Waals surface area contributed by atoms with Crippen molar-refractivity contribution in [3.05, 3.63) is 65.2 Å². The molecule has 2 rings (SSSR count). The summed E-state index contributed by atoms with van der Waals surface area (Å²) >= 11 is 0. The van der Waals surface area contributed by atoms with Gasteiger partial charge in [-0.25, -0.2) is 13.2 Å². The summed E-state index contributed by atoms with van der Waals surface area (Å²) in [4.78, 5) is 15.5. The number of hydrogen-bond acceptors (Lipinski definition) is 2. The van der Waals surface area contributed by atoms with E-state index in [0.29, 0.717) is 5.56 Å². The van der Waals surface area contributed by atoms with Crippen LogP contribution in [0.15, 0.2) is 36.7 Å². The molecule has 1 aromatic carbocycles. The van der Waals surface area contributed by atoms with Gasteiger partial charge in [0.05, 0.1) is 0 Å². The Hall–Kier alpha value is -2.37. The molecule has 0 radical (unpaired) electrons. The lowest BCUT2D eigenvalue weighted by atomic mass is 10.1. The summed E-state index contributed by atoms with van der Waals surface area (Å²) in [5.41, 5.74) is 0.435. The monoisotopic (exact) mass is 280 g/mol. The van der Waals surface area contributed by atoms with E-state index in [1.54, 1.807) is 0 Å². The Bertz CT molecular complexity index is 617. The Balaban J connectivity index is 1.94. The van der Waals surface area contributed by atoms with Gasteiger partial charge >= 0.3 is 0 Å². The topological polar surface area (TPSA) is 42.0 Å². The molecule has 20 heavy (non-hydrogen) atoms. The molecule has 6 heteroatoms. The number of pyridine rings is 1. The number of rotatable bonds is 4. The van der Waals surface area contributed by atoms with E-state index in [9.17, 15) is 18.0 Å². The van der Waals surface area contributed by atoms with E-state index >= 15 is 0 Å². The van der Waals surface area contributed by atoms with Crippen molar-refractivity contribution in [1.82, 2.24) is 10.3 Å². The second-order valence-corrected chi connectivity index (χ2v) is 4.08. The molecular weight excluding hydrogens is 269 g/mol. The molecule has 1 heterocycles. The number of hydrogen-bond donors (Lipinski definition) is 1. The summed E-state index contributed by atoms with van der Waals surface area (Å²) < 4.78 is 39.1. The van der Waals surface area contributed by atoms with Crippen LogP contribution in [0, 0.1) is 17.5 Å². The van der Waals surface area contributed by atoms with Crippen LogP contribution in [0.4, 0.5) is 13.2 Å². The predicted molar refractivity (Wildman–Crippen MR) is 66.6 cm³/mol. The lowest BCUT2D eigenvalue weighted by molar-refractivity contribution is 0.0954. The number of aromatic nitrogens is 1. The van der Waals surface area contributed by atoms with Gasteiger partial charge in [-0.1, -0.05) is 6.07 Å². The van der Waals surface area contributed by atoms with E-state index in [0.717, 1.165) is 12.1 Å². The summed E-state index contributed by atoms with van der Waals surface area (Å²) in [6.07, 6.45) is 3.02. The Kier molecular flexibility index (Phi) is 4.34. The minimum atomic E-state index is -1.50. The van der Waals surface area contributed by atoms with Gasteiger partial charge in [-0.15, -0.1) is 0 Å². The molecule has 1 N–H and O–H groups in total. The van der Waals surface area contributed by atoms with Gasteiger partial charge in [0, 0.05) is 24.5 Å². The zero-order valence-corrected chi connectivity index (χ0v) is 10.4. The highest BCUT2D eigenvalue weighted by Gasteiger charge is 2.13. The Labute approximate surface area is 113 Å². The largest absolute Gasteiger partial charge is 0.352 e. The Morgan fingerprint density at radius 3 is 2.45 bits per heavy atom. The number of nitrogens with zero attached hydrogens (tertiary/aromatic N) is 1. The maximum Gasteiger partial charge on any atom is 0.251 e. The maximum atomic E-state index is 13.4. The van der Waals surface area contributed by atoms with Crippen LogP contribution < -0.4 is 5.32 Å². The summed E-state index contributed by atoms with van der Waals surface area (Å²) in [6, 6.07) is 5.09. The first-order chi connectivity index (χ1) is 9.59. The molecule has 0 saturated carbocycles. The first-order valence-electron chi connectivity index (χ1n) is 5.90. The summed E-state index contributed by atoms with van der Waals surface area (Å²) in [5, 5.41) is 2.56. The average molecular weight is 280 g/mol. The molecule has 0 fully saturated rings. The SMILES string of the molecule is O=C(NCCc1ccc(F)c(F)c1F)c1ccncc1. The van der Waals surface area contributed by atoms with Gasteiger partial charge in [0.15, 0.2) is 17.5 Å². The van der Waals surface area contributed by atoms with Crippen LogP contribution in [0.2, 0.25) is 0 Å². The van der Waals surface area contributed by atoms with Crippen molar-refractivity contribution in [3.8, 4) is 0 Å². The van der Waals surface area contributed by atoms with Crippen molar-refractivity contribution in [1.29, 1.82) is 0 Å². The predicted octanol–water partition coefficient (Wildman–Crippen LogP) is 2.47. The van der Waals surface area contributed by atoms with Gasteiger partial charge in [-0.05, 0) is 30.2 Å². The number of carbonyl (C=O) groups is 1. The smallest absolute Gasteiger partial charge is 0.251 e. The second-order valence-electron chi connectivity index (χ2n) is 4.08. The van der Waals surface area contributed by atoms with E-state index in [2.05, 4.69) is 10.3 Å². The summed E-state index contributed by atoms with van der Waals surface area (Å²) in [6.45, 7) is 0.114. The van der Waals surface area contributed by atoms with Gasteiger partial charge in [-0.2, -0.15) is 0 Å². The maximum absolute atomic E-state index is 13.4. The highest BCUT2D eigenvalue weighted by Crippen LogP contribution is 2.15. The Morgan fingerprint density at radius 2 is 1.75 bits per heavy atom. The van der Waals surface area contributed by atoms with E-state index in [1.165, 1.54) is 24.5 Å². The van der Waals surface area contributed by atoms with Crippen molar-refractivity contribution >= 4 is 5.91 Å². The molecule has 0 saturated heterocycles. The summed E-state index contributed by atoms with van der Waals surface area (Å²) in [7, 11) is 0. The standard InChI is InChI=1S/C14H11F3N2O/c15-11-2-1-9(12(16)13(11)17)5-8-19-14(20)10-3-6-18-7-4-10/h1-4,6-7H,5,8H2,(H,19,20). The molecule has 1 amide bonds. The highest BCUT2D eigenvalue weighted by molar-refractivity contribution is 5.93. The molecule has 1 aromatic heterocycles. The highest BCUT2D eigenvalue weighted by atomic mass is 19.2.